The Hall–Kier alpha value is -0.108. The van der Waals surface area contributed by atoms with E-state index < -0.39 is 5.84 Å². The standard InChI is InChI=1S/C9H16N3O.U/c1-3-4-7(10)6(2)5-8(13)9(11)12;/h3,7H,1,4-5,10H2,2H3,(H3,11,12);/q-1;/t7-;/m1./s1. The first-order chi connectivity index (χ1) is 5.99. The Morgan fingerprint density at radius 2 is 2.21 bits per heavy atom. The molecule has 0 aliphatic carbocycles. The average Bonchev–Trinajstić information content (AvgIpc) is 2.04. The summed E-state index contributed by atoms with van der Waals surface area (Å²) in [5, 5.41) is 6.89. The number of hydrogen-bond donors (Lipinski definition) is 3. The zero-order chi connectivity index (χ0) is 10.4. The number of nitrogens with two attached hydrogens (primary N) is 2. The van der Waals surface area contributed by atoms with Crippen molar-refractivity contribution in [3.05, 3.63) is 18.6 Å². The molecule has 4 nitrogen and oxygen atoms in total. The topological polar surface area (TPSA) is 93.0 Å². The molecule has 5 heteroatoms. The molecule has 0 saturated heterocycles. The number of carbonyl (C=O) groups excluding carboxylic acids is 1. The smallest absolute Gasteiger partial charge is 0.167 e. The monoisotopic (exact) mass is 420 g/mol. The van der Waals surface area contributed by atoms with Gasteiger partial charge in [-0.15, -0.1) is 19.0 Å². The summed E-state index contributed by atoms with van der Waals surface area (Å²) in [6.07, 6.45) is 2.49. The van der Waals surface area contributed by atoms with E-state index in [0.717, 1.165) is 5.92 Å². The first-order valence-electron chi connectivity index (χ1n) is 4.05. The molecule has 0 heterocycles. The number of amidine groups is 1. The van der Waals surface area contributed by atoms with Crippen molar-refractivity contribution in [2.45, 2.75) is 25.8 Å². The minimum Gasteiger partial charge on any atom is -0.381 e. The van der Waals surface area contributed by atoms with Gasteiger partial charge in [-0.1, -0.05) is 6.08 Å². The van der Waals surface area contributed by atoms with Crippen LogP contribution in [0.4, 0.5) is 0 Å². The van der Waals surface area contributed by atoms with Gasteiger partial charge in [-0.3, -0.25) is 16.1 Å². The van der Waals surface area contributed by atoms with Crippen LogP contribution in [-0.2, 0) is 4.79 Å². The van der Waals surface area contributed by atoms with Crippen LogP contribution >= 0.6 is 0 Å². The Morgan fingerprint density at radius 3 is 2.57 bits per heavy atom. The Balaban J connectivity index is 0. The second-order valence-corrected chi connectivity index (χ2v) is 2.99. The van der Waals surface area contributed by atoms with Gasteiger partial charge in [0.25, 0.3) is 0 Å². The molecule has 0 aromatic carbocycles. The van der Waals surface area contributed by atoms with Crippen molar-refractivity contribution < 1.29 is 35.9 Å². The van der Waals surface area contributed by atoms with Crippen molar-refractivity contribution in [1.82, 2.24) is 0 Å². The van der Waals surface area contributed by atoms with Crippen LogP contribution in [0.15, 0.2) is 12.7 Å². The molecule has 0 aromatic heterocycles. The van der Waals surface area contributed by atoms with Crippen molar-refractivity contribution >= 4 is 11.6 Å². The number of carbonyl (C=O) groups is 1. The van der Waals surface area contributed by atoms with Gasteiger partial charge in [0, 0.05) is 31.1 Å². The summed E-state index contributed by atoms with van der Waals surface area (Å²) in [5.74, 6) is 0.0438. The number of nitrogens with one attached hydrogen (secondary N) is 1. The van der Waals surface area contributed by atoms with Crippen LogP contribution in [0.3, 0.4) is 0 Å². The fourth-order valence-corrected chi connectivity index (χ4v) is 0.860. The van der Waals surface area contributed by atoms with Crippen molar-refractivity contribution in [2.24, 2.45) is 11.5 Å². The Morgan fingerprint density at radius 1 is 1.71 bits per heavy atom. The van der Waals surface area contributed by atoms with Gasteiger partial charge in [-0.05, 0) is 6.42 Å². The summed E-state index contributed by atoms with van der Waals surface area (Å²) in [6.45, 7) is 5.34. The zero-order valence-electron chi connectivity index (χ0n) is 8.34. The molecular weight excluding hydrogens is 404 g/mol. The first-order valence-corrected chi connectivity index (χ1v) is 4.05. The van der Waals surface area contributed by atoms with E-state index >= 15 is 0 Å². The molecule has 0 bridgehead atoms. The van der Waals surface area contributed by atoms with Crippen LogP contribution in [0, 0.1) is 42.4 Å². The van der Waals surface area contributed by atoms with Gasteiger partial charge in [-0.25, -0.2) is 0 Å². The Labute approximate surface area is 108 Å². The predicted molar refractivity (Wildman–Crippen MR) is 53.2 cm³/mol. The van der Waals surface area contributed by atoms with Gasteiger partial charge in [0.2, 0.25) is 0 Å². The summed E-state index contributed by atoms with van der Waals surface area (Å²) in [4.78, 5) is 11.0. The van der Waals surface area contributed by atoms with Crippen LogP contribution < -0.4 is 11.5 Å². The third kappa shape index (κ3) is 6.36. The first kappa shape index (κ1) is 16.3. The number of rotatable bonds is 6. The van der Waals surface area contributed by atoms with Gasteiger partial charge in [0.15, 0.2) is 11.6 Å². The maximum atomic E-state index is 11.0. The van der Waals surface area contributed by atoms with Gasteiger partial charge < -0.3 is 11.5 Å². The SMILES string of the molecule is C=CC[C@@H](N)[C-](C)CC(=O)C(=N)N.[U]. The molecular formula is C9H16N3OU-. The third-order valence-electron chi connectivity index (χ3n) is 1.79. The molecule has 0 spiro atoms. The normalized spacial score (nSPS) is 11.6. The fraction of sp³-hybridized carbons (Fsp3) is 0.444. The predicted octanol–water partition coefficient (Wildman–Crippen LogP) is 0.379. The summed E-state index contributed by atoms with van der Waals surface area (Å²) >= 11 is 0. The second kappa shape index (κ2) is 8.22. The molecule has 0 aromatic rings. The number of hydrogen-bond acceptors (Lipinski definition) is 3. The third-order valence-corrected chi connectivity index (χ3v) is 1.79. The molecule has 78 valence electrons. The molecule has 0 saturated carbocycles. The van der Waals surface area contributed by atoms with Crippen LogP contribution in [0.1, 0.15) is 19.8 Å². The number of ketones is 1. The molecule has 0 aliphatic heterocycles. The number of Topliss-reactive ketones (excluding diaryl/α,β-unsaturated/α-hetero) is 1. The van der Waals surface area contributed by atoms with Crippen molar-refractivity contribution in [1.29, 1.82) is 5.41 Å². The summed E-state index contributed by atoms with van der Waals surface area (Å²) in [5.41, 5.74) is 10.7. The van der Waals surface area contributed by atoms with Crippen LogP contribution in [-0.4, -0.2) is 17.7 Å². The molecule has 0 aliphatic rings. The van der Waals surface area contributed by atoms with E-state index in [2.05, 4.69) is 6.58 Å². The van der Waals surface area contributed by atoms with E-state index in [4.69, 9.17) is 16.9 Å². The molecule has 1 atom stereocenters. The molecule has 0 radical (unpaired) electrons. The van der Waals surface area contributed by atoms with Crippen LogP contribution in [0.2, 0.25) is 0 Å². The molecule has 0 fully saturated rings. The maximum Gasteiger partial charge on any atom is 0.167 e. The van der Waals surface area contributed by atoms with Gasteiger partial charge >= 0.3 is 0 Å². The van der Waals surface area contributed by atoms with E-state index in [1.165, 1.54) is 0 Å². The van der Waals surface area contributed by atoms with E-state index in [-0.39, 0.29) is 49.4 Å². The van der Waals surface area contributed by atoms with Gasteiger partial charge in [-0.2, -0.15) is 6.92 Å². The van der Waals surface area contributed by atoms with Crippen molar-refractivity contribution in [3.8, 4) is 0 Å². The van der Waals surface area contributed by atoms with Gasteiger partial charge in [0.1, 0.15) is 0 Å². The quantitative estimate of drug-likeness (QED) is 0.251. The molecule has 0 amide bonds. The van der Waals surface area contributed by atoms with Crippen molar-refractivity contribution in [2.75, 3.05) is 0 Å². The van der Waals surface area contributed by atoms with E-state index in [1.807, 2.05) is 0 Å². The Bertz CT molecular complexity index is 218. The molecule has 5 N–H and O–H groups in total. The summed E-state index contributed by atoms with van der Waals surface area (Å²) in [7, 11) is 0. The van der Waals surface area contributed by atoms with E-state index in [1.54, 1.807) is 13.0 Å². The average molecular weight is 420 g/mol. The summed E-state index contributed by atoms with van der Waals surface area (Å²) < 4.78 is 0. The zero-order valence-corrected chi connectivity index (χ0v) is 12.5. The van der Waals surface area contributed by atoms with Crippen LogP contribution in [0.25, 0.3) is 0 Å². The van der Waals surface area contributed by atoms with E-state index in [0.29, 0.717) is 6.42 Å². The van der Waals surface area contributed by atoms with Crippen molar-refractivity contribution in [3.63, 3.8) is 0 Å². The maximum absolute atomic E-state index is 11.0. The summed E-state index contributed by atoms with van der Waals surface area (Å²) in [6, 6.07) is -0.166. The molecule has 14 heavy (non-hydrogen) atoms. The molecule has 0 rings (SSSR count). The second-order valence-electron chi connectivity index (χ2n) is 2.99. The van der Waals surface area contributed by atoms with Crippen LogP contribution in [0.5, 0.6) is 0 Å². The fourth-order valence-electron chi connectivity index (χ4n) is 0.860. The molecule has 0 unspecified atom stereocenters. The minimum atomic E-state index is -0.412. The van der Waals surface area contributed by atoms with E-state index in [9.17, 15) is 4.79 Å². The minimum absolute atomic E-state index is 0. The van der Waals surface area contributed by atoms with Gasteiger partial charge in [0.05, 0.1) is 0 Å². The largest absolute Gasteiger partial charge is 0.381 e. The Kier molecular flexibility index (Phi) is 9.59.